The quantitative estimate of drug-likeness (QED) is 0.306. The maximum Gasteiger partial charge on any atom is 0.302 e. The molecular formula is C28H38O9. The van der Waals surface area contributed by atoms with Gasteiger partial charge in [-0.25, -0.2) is 0 Å². The minimum atomic E-state index is -1.33. The third-order valence-corrected chi connectivity index (χ3v) is 9.73. The van der Waals surface area contributed by atoms with Crippen molar-refractivity contribution in [2.45, 2.75) is 92.0 Å². The van der Waals surface area contributed by atoms with Crippen LogP contribution >= 0.6 is 0 Å². The molecule has 0 heterocycles. The highest BCUT2D eigenvalue weighted by Gasteiger charge is 2.78. The molecule has 9 atom stereocenters. The molecule has 0 aromatic rings. The fourth-order valence-corrected chi connectivity index (χ4v) is 8.62. The molecule has 4 rings (SSSR count). The van der Waals surface area contributed by atoms with Crippen LogP contribution in [-0.2, 0) is 42.9 Å². The fourth-order valence-electron chi connectivity index (χ4n) is 8.62. The highest BCUT2D eigenvalue weighted by Crippen LogP contribution is 2.72. The maximum atomic E-state index is 14.3. The van der Waals surface area contributed by atoms with E-state index in [4.69, 9.17) is 18.9 Å². The van der Waals surface area contributed by atoms with E-state index in [0.717, 1.165) is 19.3 Å². The van der Waals surface area contributed by atoms with Gasteiger partial charge in [0.15, 0.2) is 5.78 Å². The molecular weight excluding hydrogens is 480 g/mol. The number of hydrogen-bond acceptors (Lipinski definition) is 9. The maximum absolute atomic E-state index is 14.3. The zero-order valence-electron chi connectivity index (χ0n) is 22.6. The molecule has 9 heteroatoms. The number of ketones is 1. The van der Waals surface area contributed by atoms with E-state index in [1.165, 1.54) is 27.7 Å². The molecule has 0 aliphatic heterocycles. The van der Waals surface area contributed by atoms with E-state index in [-0.39, 0.29) is 29.9 Å². The molecule has 37 heavy (non-hydrogen) atoms. The van der Waals surface area contributed by atoms with E-state index < -0.39 is 64.3 Å². The van der Waals surface area contributed by atoms with Gasteiger partial charge in [-0.2, -0.15) is 0 Å². The van der Waals surface area contributed by atoms with Crippen molar-refractivity contribution in [3.8, 4) is 0 Å². The minimum absolute atomic E-state index is 0.0813. The first-order valence-corrected chi connectivity index (χ1v) is 13.1. The predicted molar refractivity (Wildman–Crippen MR) is 130 cm³/mol. The van der Waals surface area contributed by atoms with Gasteiger partial charge in [0.1, 0.15) is 23.7 Å². The van der Waals surface area contributed by atoms with Gasteiger partial charge in [-0.3, -0.25) is 24.0 Å². The van der Waals surface area contributed by atoms with Gasteiger partial charge >= 0.3 is 23.9 Å². The molecule has 1 spiro atoms. The lowest BCUT2D eigenvalue weighted by Gasteiger charge is -2.66. The lowest BCUT2D eigenvalue weighted by atomic mass is 9.39. The first-order valence-electron chi connectivity index (χ1n) is 13.1. The number of Topliss-reactive ketones (excluding diaryl/α,β-unsaturated/α-hetero) is 1. The van der Waals surface area contributed by atoms with Crippen LogP contribution in [0.2, 0.25) is 0 Å². The van der Waals surface area contributed by atoms with E-state index >= 15 is 0 Å². The number of ether oxygens (including phenoxy) is 4. The average Bonchev–Trinajstić information content (AvgIpc) is 2.91. The van der Waals surface area contributed by atoms with Crippen molar-refractivity contribution in [2.75, 3.05) is 6.61 Å². The Morgan fingerprint density at radius 3 is 2.05 bits per heavy atom. The van der Waals surface area contributed by atoms with E-state index in [9.17, 15) is 24.0 Å². The van der Waals surface area contributed by atoms with Crippen LogP contribution in [-0.4, -0.2) is 54.6 Å². The Morgan fingerprint density at radius 1 is 0.865 bits per heavy atom. The molecule has 4 aliphatic rings. The minimum Gasteiger partial charge on any atom is -0.465 e. The second-order valence-electron chi connectivity index (χ2n) is 12.0. The highest BCUT2D eigenvalue weighted by molar-refractivity contribution is 6.05. The molecule has 204 valence electrons. The fraction of sp³-hybridized carbons (Fsp3) is 0.750. The van der Waals surface area contributed by atoms with Crippen molar-refractivity contribution in [1.29, 1.82) is 0 Å². The summed E-state index contributed by atoms with van der Waals surface area (Å²) in [6.07, 6.45) is 0.552. The summed E-state index contributed by atoms with van der Waals surface area (Å²) in [6, 6.07) is 0. The number of fused-ring (bicyclic) bond motifs is 3. The van der Waals surface area contributed by atoms with Gasteiger partial charge in [0, 0.05) is 33.1 Å². The van der Waals surface area contributed by atoms with E-state index in [2.05, 4.69) is 20.4 Å². The van der Waals surface area contributed by atoms with Gasteiger partial charge in [-0.15, -0.1) is 0 Å². The Balaban J connectivity index is 1.93. The Kier molecular flexibility index (Phi) is 6.82. The summed E-state index contributed by atoms with van der Waals surface area (Å²) in [5.74, 6) is -3.50. The lowest BCUT2D eigenvalue weighted by Crippen LogP contribution is -2.70. The standard InChI is InChI=1S/C28H38O9/c1-14-23-19(35-16(3)30)11-21-27(7)10-8-9-26(6,13-34-15(2)29)20(27)12-22(36-17(4)31)28(21,24(14)33)25(23)37-18(5)32/h19-23,25H,1,8-13H2,2-7H3/t19-,20-,21+,22+,23-,25-,26+,27+,28+/m0/s1. The van der Waals surface area contributed by atoms with Crippen molar-refractivity contribution >= 4 is 29.7 Å². The molecule has 9 nitrogen and oxygen atoms in total. The number of carbonyl (C=O) groups is 5. The molecule has 0 radical (unpaired) electrons. The second-order valence-corrected chi connectivity index (χ2v) is 12.0. The van der Waals surface area contributed by atoms with Crippen molar-refractivity contribution < 1.29 is 42.9 Å². The van der Waals surface area contributed by atoms with Crippen LogP contribution in [0.1, 0.15) is 73.6 Å². The van der Waals surface area contributed by atoms with Crippen molar-refractivity contribution in [3.63, 3.8) is 0 Å². The van der Waals surface area contributed by atoms with Gasteiger partial charge < -0.3 is 18.9 Å². The van der Waals surface area contributed by atoms with Crippen LogP contribution < -0.4 is 0 Å². The van der Waals surface area contributed by atoms with Crippen molar-refractivity contribution in [3.05, 3.63) is 12.2 Å². The topological polar surface area (TPSA) is 122 Å². The molecule has 0 N–H and O–H groups in total. The Bertz CT molecular complexity index is 1050. The number of hydrogen-bond donors (Lipinski definition) is 0. The first kappa shape index (κ1) is 27.3. The molecule has 0 amide bonds. The zero-order valence-corrected chi connectivity index (χ0v) is 22.6. The summed E-state index contributed by atoms with van der Waals surface area (Å²) in [6.45, 7) is 13.7. The Hall–Kier alpha value is -2.71. The molecule has 0 saturated heterocycles. The molecule has 0 unspecified atom stereocenters. The van der Waals surface area contributed by atoms with Gasteiger partial charge in [0.05, 0.1) is 12.5 Å². The molecule has 4 fully saturated rings. The average molecular weight is 519 g/mol. The number of carbonyl (C=O) groups excluding carboxylic acids is 5. The number of esters is 4. The van der Waals surface area contributed by atoms with Crippen LogP contribution in [0, 0.1) is 34.0 Å². The van der Waals surface area contributed by atoms with E-state index in [1.54, 1.807) is 0 Å². The molecule has 0 aromatic heterocycles. The summed E-state index contributed by atoms with van der Waals surface area (Å²) in [7, 11) is 0. The first-order chi connectivity index (χ1) is 17.2. The van der Waals surface area contributed by atoms with E-state index in [0.29, 0.717) is 12.8 Å². The molecule has 2 bridgehead atoms. The van der Waals surface area contributed by atoms with Crippen LogP contribution in [0.3, 0.4) is 0 Å². The van der Waals surface area contributed by atoms with E-state index in [1.807, 2.05) is 0 Å². The van der Waals surface area contributed by atoms with Gasteiger partial charge in [0.25, 0.3) is 0 Å². The van der Waals surface area contributed by atoms with Gasteiger partial charge in [0.2, 0.25) is 0 Å². The van der Waals surface area contributed by atoms with Crippen LogP contribution in [0.4, 0.5) is 0 Å². The Morgan fingerprint density at radius 2 is 1.49 bits per heavy atom. The Labute approximate surface area is 217 Å². The largest absolute Gasteiger partial charge is 0.465 e. The highest BCUT2D eigenvalue weighted by atomic mass is 16.6. The van der Waals surface area contributed by atoms with Crippen molar-refractivity contribution in [2.24, 2.45) is 34.0 Å². The zero-order chi connectivity index (χ0) is 27.5. The van der Waals surface area contributed by atoms with Crippen LogP contribution in [0.25, 0.3) is 0 Å². The summed E-state index contributed by atoms with van der Waals surface area (Å²) >= 11 is 0. The normalized spacial score (nSPS) is 42.2. The number of rotatable bonds is 5. The third kappa shape index (κ3) is 4.09. The summed E-state index contributed by atoms with van der Waals surface area (Å²) < 4.78 is 23.1. The summed E-state index contributed by atoms with van der Waals surface area (Å²) in [5.41, 5.74) is -2.01. The lowest BCUT2D eigenvalue weighted by molar-refractivity contribution is -0.254. The smallest absolute Gasteiger partial charge is 0.302 e. The monoisotopic (exact) mass is 518 g/mol. The second kappa shape index (κ2) is 9.24. The SMILES string of the molecule is C=C1C(=O)[C@]23[C@H](C[C@H](OC(C)=O)[C@H]1[C@@H]2OC(C)=O)[C@]1(C)CCC[C@](C)(COC(C)=O)[C@@H]1C[C@H]3OC(C)=O. The van der Waals surface area contributed by atoms with Crippen molar-refractivity contribution in [1.82, 2.24) is 0 Å². The van der Waals surface area contributed by atoms with Gasteiger partial charge in [-0.05, 0) is 48.5 Å². The van der Waals surface area contributed by atoms with Crippen LogP contribution in [0.15, 0.2) is 12.2 Å². The molecule has 4 aliphatic carbocycles. The summed E-state index contributed by atoms with van der Waals surface area (Å²) in [5, 5.41) is 0. The molecule has 4 saturated carbocycles. The third-order valence-electron chi connectivity index (χ3n) is 9.73. The molecule has 0 aromatic carbocycles. The summed E-state index contributed by atoms with van der Waals surface area (Å²) in [4.78, 5) is 62.9. The van der Waals surface area contributed by atoms with Gasteiger partial charge in [-0.1, -0.05) is 26.8 Å². The predicted octanol–water partition coefficient (Wildman–Crippen LogP) is 3.32. The van der Waals surface area contributed by atoms with Crippen LogP contribution in [0.5, 0.6) is 0 Å².